The summed E-state index contributed by atoms with van der Waals surface area (Å²) < 4.78 is 40.2. The van der Waals surface area contributed by atoms with Crippen molar-refractivity contribution in [1.29, 1.82) is 0 Å². The molecule has 1 saturated heterocycles. The van der Waals surface area contributed by atoms with Crippen LogP contribution in [0.3, 0.4) is 0 Å². The van der Waals surface area contributed by atoms with Crippen molar-refractivity contribution < 1.29 is 18.0 Å². The van der Waals surface area contributed by atoms with Gasteiger partial charge >= 0.3 is 6.18 Å². The van der Waals surface area contributed by atoms with Crippen LogP contribution in [-0.2, 0) is 6.18 Å². The maximum atomic E-state index is 12.9. The topological polar surface area (TPSA) is 61.7 Å². The lowest BCUT2D eigenvalue weighted by molar-refractivity contribution is -0.137. The monoisotopic (exact) mass is 495 g/mol. The number of fused-ring (bicyclic) bond motifs is 1. The van der Waals surface area contributed by atoms with Gasteiger partial charge in [-0.25, -0.2) is 4.98 Å². The van der Waals surface area contributed by atoms with Crippen molar-refractivity contribution in [1.82, 2.24) is 19.6 Å². The molecule has 0 atom stereocenters. The number of benzene rings is 1. The van der Waals surface area contributed by atoms with Gasteiger partial charge < -0.3 is 19.9 Å². The fourth-order valence-electron chi connectivity index (χ4n) is 3.73. The summed E-state index contributed by atoms with van der Waals surface area (Å²) in [4.78, 5) is 18.6. The standard InChI is InChI=1S/C22H21ClF3N5OS/c23-16-3-1-2-4-17(16)29-21(33)27-12-14-5-8-30(9-6-14)20(32)18-13-31-10-7-15(22(24,25)26)11-19(31)28-18/h1-4,7,10-11,13-14H,5-6,8-9,12H2,(H2,27,29,33). The van der Waals surface area contributed by atoms with Gasteiger partial charge in [0.25, 0.3) is 5.91 Å². The van der Waals surface area contributed by atoms with E-state index in [0.29, 0.717) is 35.7 Å². The number of hydrogen-bond donors (Lipinski definition) is 2. The number of imidazole rings is 1. The summed E-state index contributed by atoms with van der Waals surface area (Å²) in [5.41, 5.74) is 0.157. The zero-order valence-electron chi connectivity index (χ0n) is 17.4. The molecule has 2 aromatic heterocycles. The third kappa shape index (κ3) is 5.56. The number of carbonyl (C=O) groups excluding carboxylic acids is 1. The molecule has 0 radical (unpaired) electrons. The number of para-hydroxylation sites is 1. The summed E-state index contributed by atoms with van der Waals surface area (Å²) in [6, 6.07) is 9.22. The van der Waals surface area contributed by atoms with Crippen LogP contribution in [0.15, 0.2) is 48.8 Å². The predicted molar refractivity (Wildman–Crippen MR) is 124 cm³/mol. The lowest BCUT2D eigenvalue weighted by atomic mass is 9.96. The SMILES string of the molecule is O=C(c1cn2ccc(C(F)(F)F)cc2n1)N1CCC(CNC(=S)Nc2ccccc2Cl)CC1. The molecule has 33 heavy (non-hydrogen) atoms. The predicted octanol–water partition coefficient (Wildman–Crippen LogP) is 4.85. The molecule has 6 nitrogen and oxygen atoms in total. The van der Waals surface area contributed by atoms with E-state index in [-0.39, 0.29) is 17.2 Å². The van der Waals surface area contributed by atoms with Crippen LogP contribution in [0.2, 0.25) is 5.02 Å². The number of anilines is 1. The van der Waals surface area contributed by atoms with E-state index in [0.717, 1.165) is 30.7 Å². The fraction of sp³-hybridized carbons (Fsp3) is 0.318. The first kappa shape index (κ1) is 23.3. The van der Waals surface area contributed by atoms with Crippen LogP contribution in [0.4, 0.5) is 18.9 Å². The van der Waals surface area contributed by atoms with Crippen LogP contribution in [0.5, 0.6) is 0 Å². The first-order chi connectivity index (χ1) is 15.7. The minimum absolute atomic E-state index is 0.0896. The van der Waals surface area contributed by atoms with E-state index >= 15 is 0 Å². The number of hydrogen-bond acceptors (Lipinski definition) is 3. The van der Waals surface area contributed by atoms with Gasteiger partial charge in [0.1, 0.15) is 11.3 Å². The maximum absolute atomic E-state index is 12.9. The lowest BCUT2D eigenvalue weighted by Crippen LogP contribution is -2.42. The summed E-state index contributed by atoms with van der Waals surface area (Å²) in [6.07, 6.45) is -0.180. The number of amides is 1. The molecule has 3 heterocycles. The number of pyridine rings is 1. The Bertz CT molecular complexity index is 1170. The van der Waals surface area contributed by atoms with Gasteiger partial charge in [-0.1, -0.05) is 23.7 Å². The Morgan fingerprint density at radius 3 is 2.64 bits per heavy atom. The molecule has 0 bridgehead atoms. The third-order valence-electron chi connectivity index (χ3n) is 5.58. The summed E-state index contributed by atoms with van der Waals surface area (Å²) in [5, 5.41) is 7.31. The molecule has 0 unspecified atom stereocenters. The first-order valence-corrected chi connectivity index (χ1v) is 11.1. The van der Waals surface area contributed by atoms with Crippen LogP contribution in [0, 0.1) is 5.92 Å². The molecule has 1 amide bonds. The van der Waals surface area contributed by atoms with Crippen LogP contribution < -0.4 is 10.6 Å². The second kappa shape index (κ2) is 9.56. The largest absolute Gasteiger partial charge is 0.416 e. The average molecular weight is 496 g/mol. The van der Waals surface area contributed by atoms with Crippen molar-refractivity contribution in [2.75, 3.05) is 25.0 Å². The molecule has 1 aliphatic heterocycles. The summed E-state index contributed by atoms with van der Waals surface area (Å²) in [7, 11) is 0. The Labute approximate surface area is 198 Å². The highest BCUT2D eigenvalue weighted by molar-refractivity contribution is 7.80. The molecule has 0 saturated carbocycles. The van der Waals surface area contributed by atoms with Crippen LogP contribution in [-0.4, -0.2) is 44.9 Å². The van der Waals surface area contributed by atoms with Gasteiger partial charge in [0.05, 0.1) is 16.3 Å². The molecule has 174 valence electrons. The maximum Gasteiger partial charge on any atom is 0.416 e. The molecule has 1 fully saturated rings. The molecule has 0 aliphatic carbocycles. The zero-order chi connectivity index (χ0) is 23.6. The minimum Gasteiger partial charge on any atom is -0.362 e. The Morgan fingerprint density at radius 2 is 1.94 bits per heavy atom. The van der Waals surface area contributed by atoms with E-state index < -0.39 is 11.7 Å². The van der Waals surface area contributed by atoms with Crippen molar-refractivity contribution in [2.45, 2.75) is 19.0 Å². The number of piperidine rings is 1. The molecule has 4 rings (SSSR count). The quantitative estimate of drug-likeness (QED) is 0.507. The van der Waals surface area contributed by atoms with Crippen molar-refractivity contribution in [3.05, 3.63) is 65.1 Å². The van der Waals surface area contributed by atoms with Crippen molar-refractivity contribution in [3.8, 4) is 0 Å². The summed E-state index contributed by atoms with van der Waals surface area (Å²) in [6.45, 7) is 1.74. The van der Waals surface area contributed by atoms with Gasteiger partial charge in [-0.15, -0.1) is 0 Å². The van der Waals surface area contributed by atoms with E-state index in [9.17, 15) is 18.0 Å². The number of thiocarbonyl (C=S) groups is 1. The van der Waals surface area contributed by atoms with Gasteiger partial charge in [0.15, 0.2) is 5.11 Å². The second-order valence-electron chi connectivity index (χ2n) is 7.86. The highest BCUT2D eigenvalue weighted by atomic mass is 35.5. The van der Waals surface area contributed by atoms with Crippen molar-refractivity contribution in [3.63, 3.8) is 0 Å². The highest BCUT2D eigenvalue weighted by Crippen LogP contribution is 2.30. The molecule has 0 spiro atoms. The number of nitrogens with one attached hydrogen (secondary N) is 2. The normalized spacial score (nSPS) is 15.0. The number of halogens is 4. The molecular weight excluding hydrogens is 475 g/mol. The van der Waals surface area contributed by atoms with Crippen LogP contribution in [0.1, 0.15) is 28.9 Å². The fourth-order valence-corrected chi connectivity index (χ4v) is 4.11. The van der Waals surface area contributed by atoms with E-state index in [2.05, 4.69) is 15.6 Å². The number of alkyl halides is 3. The zero-order valence-corrected chi connectivity index (χ0v) is 19.0. The Balaban J connectivity index is 1.29. The van der Waals surface area contributed by atoms with Gasteiger partial charge in [-0.3, -0.25) is 4.79 Å². The number of aromatic nitrogens is 2. The molecule has 1 aliphatic rings. The van der Waals surface area contributed by atoms with E-state index in [4.69, 9.17) is 23.8 Å². The average Bonchev–Trinajstić information content (AvgIpc) is 3.22. The highest BCUT2D eigenvalue weighted by Gasteiger charge is 2.31. The van der Waals surface area contributed by atoms with E-state index in [1.165, 1.54) is 16.8 Å². The van der Waals surface area contributed by atoms with Crippen molar-refractivity contribution >= 4 is 46.2 Å². The summed E-state index contributed by atoms with van der Waals surface area (Å²) in [5.74, 6) is 0.0463. The number of nitrogens with zero attached hydrogens (tertiary/aromatic N) is 3. The van der Waals surface area contributed by atoms with Gasteiger partial charge in [0, 0.05) is 32.0 Å². The third-order valence-corrected chi connectivity index (χ3v) is 6.16. The Kier molecular flexibility index (Phi) is 6.76. The second-order valence-corrected chi connectivity index (χ2v) is 8.67. The molecule has 11 heteroatoms. The number of carbonyl (C=O) groups is 1. The van der Waals surface area contributed by atoms with Crippen LogP contribution in [0.25, 0.3) is 5.65 Å². The van der Waals surface area contributed by atoms with Crippen molar-refractivity contribution in [2.24, 2.45) is 5.92 Å². The van der Waals surface area contributed by atoms with Gasteiger partial charge in [-0.05, 0) is 55.2 Å². The lowest BCUT2D eigenvalue weighted by Gasteiger charge is -2.31. The molecule has 2 N–H and O–H groups in total. The summed E-state index contributed by atoms with van der Waals surface area (Å²) >= 11 is 11.5. The Morgan fingerprint density at radius 1 is 1.21 bits per heavy atom. The molecule has 1 aromatic carbocycles. The van der Waals surface area contributed by atoms with Gasteiger partial charge in [-0.2, -0.15) is 13.2 Å². The van der Waals surface area contributed by atoms with Gasteiger partial charge in [0.2, 0.25) is 0 Å². The smallest absolute Gasteiger partial charge is 0.362 e. The number of rotatable bonds is 4. The molecular formula is C22H21ClF3N5OS. The van der Waals surface area contributed by atoms with E-state index in [1.807, 2.05) is 18.2 Å². The Hall–Kier alpha value is -2.85. The number of likely N-dealkylation sites (tertiary alicyclic amines) is 1. The van der Waals surface area contributed by atoms with Crippen LogP contribution >= 0.6 is 23.8 Å². The first-order valence-electron chi connectivity index (χ1n) is 10.4. The van der Waals surface area contributed by atoms with E-state index in [1.54, 1.807) is 11.0 Å². The minimum atomic E-state index is -4.46. The molecule has 3 aromatic rings.